The Labute approximate surface area is 89.7 Å². The Kier molecular flexibility index (Phi) is 4.26. The zero-order valence-electron chi connectivity index (χ0n) is 8.33. The Morgan fingerprint density at radius 3 is 2.40 bits per heavy atom. The van der Waals surface area contributed by atoms with Crippen LogP contribution in [0.3, 0.4) is 0 Å². The second kappa shape index (κ2) is 5.25. The predicted molar refractivity (Wildman–Crippen MR) is 58.2 cm³/mol. The van der Waals surface area contributed by atoms with E-state index in [2.05, 4.69) is 0 Å². The van der Waals surface area contributed by atoms with Crippen molar-refractivity contribution in [3.8, 4) is 0 Å². The third-order valence-corrected chi connectivity index (χ3v) is 3.89. The number of aliphatic hydroxyl groups is 1. The molecule has 0 aliphatic heterocycles. The van der Waals surface area contributed by atoms with E-state index in [1.54, 1.807) is 30.3 Å². The van der Waals surface area contributed by atoms with E-state index in [0.29, 0.717) is 6.42 Å². The van der Waals surface area contributed by atoms with Crippen LogP contribution in [0.5, 0.6) is 0 Å². The molecule has 0 heterocycles. The van der Waals surface area contributed by atoms with Crippen molar-refractivity contribution >= 4 is 9.84 Å². The topological polar surface area (TPSA) is 80.4 Å². The first-order valence-corrected chi connectivity index (χ1v) is 6.36. The fourth-order valence-electron chi connectivity index (χ4n) is 1.26. The lowest BCUT2D eigenvalue weighted by Crippen LogP contribution is -2.30. The van der Waals surface area contributed by atoms with Gasteiger partial charge in [-0.1, -0.05) is 18.2 Å². The number of rotatable bonds is 5. The molecule has 0 aromatic heterocycles. The van der Waals surface area contributed by atoms with Crippen molar-refractivity contribution in [2.45, 2.75) is 17.4 Å². The second-order valence-corrected chi connectivity index (χ2v) is 5.40. The van der Waals surface area contributed by atoms with E-state index in [0.717, 1.165) is 0 Å². The highest BCUT2D eigenvalue weighted by molar-refractivity contribution is 7.91. The number of nitrogens with two attached hydrogens (primary N) is 1. The van der Waals surface area contributed by atoms with Crippen molar-refractivity contribution < 1.29 is 13.5 Å². The van der Waals surface area contributed by atoms with Crippen molar-refractivity contribution in [3.63, 3.8) is 0 Å². The Hall–Kier alpha value is -0.910. The van der Waals surface area contributed by atoms with Crippen LogP contribution in [0.1, 0.15) is 6.42 Å². The van der Waals surface area contributed by atoms with Crippen molar-refractivity contribution in [1.29, 1.82) is 0 Å². The molecule has 1 aromatic carbocycles. The number of sulfone groups is 1. The molecule has 0 amide bonds. The van der Waals surface area contributed by atoms with Crippen molar-refractivity contribution in [1.82, 2.24) is 0 Å². The van der Waals surface area contributed by atoms with Crippen molar-refractivity contribution in [3.05, 3.63) is 30.3 Å². The van der Waals surface area contributed by atoms with E-state index in [9.17, 15) is 8.42 Å². The molecule has 0 fully saturated rings. The van der Waals surface area contributed by atoms with Gasteiger partial charge >= 0.3 is 0 Å². The molecule has 1 rings (SSSR count). The Balaban J connectivity index is 2.77. The summed E-state index contributed by atoms with van der Waals surface area (Å²) in [5.74, 6) is -0.127. The van der Waals surface area contributed by atoms with E-state index in [1.807, 2.05) is 0 Å². The average molecular weight is 229 g/mol. The molecule has 0 bridgehead atoms. The maximum atomic E-state index is 11.8. The number of aliphatic hydroxyl groups excluding tert-OH is 1. The summed E-state index contributed by atoms with van der Waals surface area (Å²) in [5.41, 5.74) is 5.57. The van der Waals surface area contributed by atoms with Crippen LogP contribution in [0.2, 0.25) is 0 Å². The maximum absolute atomic E-state index is 11.8. The summed E-state index contributed by atoms with van der Waals surface area (Å²) in [5, 5.41) is 8.63. The molecule has 0 aliphatic rings. The molecule has 1 atom stereocenters. The Morgan fingerprint density at radius 1 is 1.27 bits per heavy atom. The molecule has 15 heavy (non-hydrogen) atoms. The maximum Gasteiger partial charge on any atom is 0.179 e. The van der Waals surface area contributed by atoms with Gasteiger partial charge in [0.25, 0.3) is 0 Å². The quantitative estimate of drug-likeness (QED) is 0.754. The third-order valence-electron chi connectivity index (χ3n) is 2.04. The molecular formula is C10H15NO3S. The Morgan fingerprint density at radius 2 is 1.87 bits per heavy atom. The minimum Gasteiger partial charge on any atom is -0.396 e. The van der Waals surface area contributed by atoms with Crippen LogP contribution >= 0.6 is 0 Å². The van der Waals surface area contributed by atoms with Gasteiger partial charge in [-0.25, -0.2) is 8.42 Å². The van der Waals surface area contributed by atoms with Crippen LogP contribution in [-0.2, 0) is 9.84 Å². The second-order valence-electron chi connectivity index (χ2n) is 3.37. The molecule has 0 spiro atoms. The van der Waals surface area contributed by atoms with Crippen LogP contribution in [-0.4, -0.2) is 31.9 Å². The van der Waals surface area contributed by atoms with Gasteiger partial charge in [-0.05, 0) is 18.6 Å². The van der Waals surface area contributed by atoms with Crippen molar-refractivity contribution in [2.24, 2.45) is 5.73 Å². The van der Waals surface area contributed by atoms with Crippen molar-refractivity contribution in [2.75, 3.05) is 12.4 Å². The summed E-state index contributed by atoms with van der Waals surface area (Å²) in [6.07, 6.45) is 0.298. The van der Waals surface area contributed by atoms with Crippen LogP contribution in [0.25, 0.3) is 0 Å². The summed E-state index contributed by atoms with van der Waals surface area (Å²) in [7, 11) is -3.32. The summed E-state index contributed by atoms with van der Waals surface area (Å²) in [6, 6.07) is 7.67. The van der Waals surface area contributed by atoms with Gasteiger partial charge < -0.3 is 10.8 Å². The van der Waals surface area contributed by atoms with Crippen LogP contribution < -0.4 is 5.73 Å². The van der Waals surface area contributed by atoms with E-state index >= 15 is 0 Å². The van der Waals surface area contributed by atoms with Gasteiger partial charge in [-0.2, -0.15) is 0 Å². The number of hydrogen-bond donors (Lipinski definition) is 2. The van der Waals surface area contributed by atoms with Gasteiger partial charge in [-0.15, -0.1) is 0 Å². The summed E-state index contributed by atoms with van der Waals surface area (Å²) >= 11 is 0. The molecule has 4 nitrogen and oxygen atoms in total. The predicted octanol–water partition coefficient (Wildman–Crippen LogP) is 0.170. The molecular weight excluding hydrogens is 214 g/mol. The lowest BCUT2D eigenvalue weighted by atomic mass is 10.3. The molecule has 84 valence electrons. The van der Waals surface area contributed by atoms with E-state index in [4.69, 9.17) is 10.8 Å². The van der Waals surface area contributed by atoms with Gasteiger partial charge in [0.1, 0.15) is 0 Å². The summed E-state index contributed by atoms with van der Waals surface area (Å²) in [4.78, 5) is 0.276. The van der Waals surface area contributed by atoms with Crippen LogP contribution in [0.15, 0.2) is 35.2 Å². The molecule has 0 aliphatic carbocycles. The van der Waals surface area contributed by atoms with Crippen LogP contribution in [0, 0.1) is 0 Å². The van der Waals surface area contributed by atoms with E-state index in [1.165, 1.54) is 0 Å². The molecule has 0 radical (unpaired) electrons. The van der Waals surface area contributed by atoms with E-state index < -0.39 is 15.9 Å². The smallest absolute Gasteiger partial charge is 0.179 e. The number of benzene rings is 1. The lowest BCUT2D eigenvalue weighted by Gasteiger charge is -2.10. The first kappa shape index (κ1) is 12.2. The molecule has 1 unspecified atom stereocenters. The lowest BCUT2D eigenvalue weighted by molar-refractivity contribution is 0.279. The fourth-order valence-corrected chi connectivity index (χ4v) is 2.75. The molecule has 0 saturated heterocycles. The average Bonchev–Trinajstić information content (AvgIpc) is 2.18. The molecule has 3 N–H and O–H groups in total. The molecule has 1 aromatic rings. The highest BCUT2D eigenvalue weighted by Gasteiger charge is 2.17. The fraction of sp³-hybridized carbons (Fsp3) is 0.400. The first-order chi connectivity index (χ1) is 7.06. The minimum atomic E-state index is -3.32. The van der Waals surface area contributed by atoms with Gasteiger partial charge in [0.15, 0.2) is 9.84 Å². The zero-order chi connectivity index (χ0) is 11.3. The largest absolute Gasteiger partial charge is 0.396 e. The van der Waals surface area contributed by atoms with Gasteiger partial charge in [-0.3, -0.25) is 0 Å². The zero-order valence-corrected chi connectivity index (χ0v) is 9.15. The molecule has 0 saturated carbocycles. The highest BCUT2D eigenvalue weighted by Crippen LogP contribution is 2.11. The normalized spacial score (nSPS) is 13.7. The standard InChI is InChI=1S/C10H15NO3S/c11-9(6-7-12)8-15(13,14)10-4-2-1-3-5-10/h1-5,9,12H,6-8,11H2. The van der Waals surface area contributed by atoms with Crippen LogP contribution in [0.4, 0.5) is 0 Å². The van der Waals surface area contributed by atoms with E-state index in [-0.39, 0.29) is 17.3 Å². The highest BCUT2D eigenvalue weighted by atomic mass is 32.2. The Bertz CT molecular complexity index is 388. The SMILES string of the molecule is NC(CCO)CS(=O)(=O)c1ccccc1. The number of hydrogen-bond acceptors (Lipinski definition) is 4. The summed E-state index contributed by atoms with van der Waals surface area (Å²) in [6.45, 7) is -0.0918. The molecule has 5 heteroatoms. The monoisotopic (exact) mass is 229 g/mol. The van der Waals surface area contributed by atoms with Gasteiger partial charge in [0.05, 0.1) is 10.6 Å². The van der Waals surface area contributed by atoms with Gasteiger partial charge in [0, 0.05) is 12.6 Å². The first-order valence-electron chi connectivity index (χ1n) is 4.70. The minimum absolute atomic E-state index is 0.0918. The third kappa shape index (κ3) is 3.62. The van der Waals surface area contributed by atoms with Gasteiger partial charge in [0.2, 0.25) is 0 Å². The summed E-state index contributed by atoms with van der Waals surface area (Å²) < 4.78 is 23.5.